The van der Waals surface area contributed by atoms with Crippen molar-refractivity contribution in [2.24, 2.45) is 0 Å². The van der Waals surface area contributed by atoms with Crippen LogP contribution in [0, 0.1) is 0 Å². The van der Waals surface area contributed by atoms with Crippen LogP contribution < -0.4 is 42.4 Å². The van der Waals surface area contributed by atoms with Gasteiger partial charge in [-0.1, -0.05) is 0 Å². The van der Waals surface area contributed by atoms with Crippen LogP contribution in [0.5, 0.6) is 0 Å². The van der Waals surface area contributed by atoms with Crippen molar-refractivity contribution in [3.8, 4) is 0 Å². The van der Waals surface area contributed by atoms with E-state index in [2.05, 4.69) is 25.9 Å². The zero-order valence-electron chi connectivity index (χ0n) is 17.7. The fraction of sp³-hybridized carbons (Fsp3) is 0.300. The van der Waals surface area contributed by atoms with Gasteiger partial charge < -0.3 is 46.4 Å². The summed E-state index contributed by atoms with van der Waals surface area (Å²) in [4.78, 5) is 65.5. The van der Waals surface area contributed by atoms with Crippen molar-refractivity contribution >= 4 is 47.4 Å². The van der Waals surface area contributed by atoms with Gasteiger partial charge in [-0.3, -0.25) is 19.4 Å². The normalized spacial score (nSPS) is 15.1. The van der Waals surface area contributed by atoms with Gasteiger partial charge in [0.25, 0.3) is 11.5 Å². The fourth-order valence-electron chi connectivity index (χ4n) is 3.34. The minimum absolute atomic E-state index is 0.0278. The van der Waals surface area contributed by atoms with E-state index in [1.807, 2.05) is 0 Å². The number of nitrogen functional groups attached to an aromatic ring is 1. The predicted octanol–water partition coefficient (Wildman–Crippen LogP) is -3.40. The Balaban J connectivity index is 1.65. The van der Waals surface area contributed by atoms with Crippen LogP contribution in [0.3, 0.4) is 0 Å². The van der Waals surface area contributed by atoms with Gasteiger partial charge in [-0.15, -0.1) is 0 Å². The maximum Gasteiger partial charge on any atom is 0.277 e. The number of carbonyl (C=O) groups excluding carboxylic acids is 4. The molecular weight excluding hydrogens is 450 g/mol. The van der Waals surface area contributed by atoms with E-state index in [-0.39, 0.29) is 36.2 Å². The Bertz CT molecular complexity index is 1150. The van der Waals surface area contributed by atoms with Crippen LogP contribution in [-0.2, 0) is 14.4 Å². The van der Waals surface area contributed by atoms with Gasteiger partial charge in [-0.05, 0) is 37.1 Å². The van der Waals surface area contributed by atoms with Crippen LogP contribution in [0.15, 0.2) is 29.1 Å². The Morgan fingerprint density at radius 3 is 2.59 bits per heavy atom. The lowest BCUT2D eigenvalue weighted by atomic mass is 10.1. The highest BCUT2D eigenvalue weighted by atomic mass is 16.4. The molecule has 6 N–H and O–H groups in total. The minimum atomic E-state index is -1.62. The predicted molar refractivity (Wildman–Crippen MR) is 116 cm³/mol. The summed E-state index contributed by atoms with van der Waals surface area (Å²) in [6.07, 6.45) is -0.357. The molecule has 1 aliphatic rings. The number of nitrogens with zero attached hydrogens (tertiary/aromatic N) is 2. The first-order valence-electron chi connectivity index (χ1n) is 10.1. The van der Waals surface area contributed by atoms with Crippen molar-refractivity contribution in [1.82, 2.24) is 15.3 Å². The Morgan fingerprint density at radius 1 is 1.26 bits per heavy atom. The molecule has 180 valence electrons. The van der Waals surface area contributed by atoms with Crippen LogP contribution in [0.25, 0.3) is 0 Å². The number of anilines is 4. The van der Waals surface area contributed by atoms with E-state index in [0.717, 1.165) is 0 Å². The van der Waals surface area contributed by atoms with Gasteiger partial charge in [0.2, 0.25) is 12.4 Å². The molecule has 0 aliphatic carbocycles. The number of amides is 2. The molecule has 34 heavy (non-hydrogen) atoms. The van der Waals surface area contributed by atoms with E-state index in [1.54, 1.807) is 0 Å². The first-order chi connectivity index (χ1) is 16.2. The summed E-state index contributed by atoms with van der Waals surface area (Å²) < 4.78 is 0. The molecule has 2 aromatic rings. The zero-order chi connectivity index (χ0) is 24.8. The molecule has 2 atom stereocenters. The second-order valence-corrected chi connectivity index (χ2v) is 7.46. The highest BCUT2D eigenvalue weighted by molar-refractivity contribution is 5.97. The maximum absolute atomic E-state index is 12.3. The monoisotopic (exact) mass is 471 g/mol. The first-order valence-corrected chi connectivity index (χ1v) is 10.1. The number of H-pyrrole nitrogens is 1. The van der Waals surface area contributed by atoms with E-state index in [9.17, 15) is 34.2 Å². The van der Waals surface area contributed by atoms with Crippen molar-refractivity contribution in [2.75, 3.05) is 34.4 Å². The van der Waals surface area contributed by atoms with Gasteiger partial charge >= 0.3 is 0 Å². The van der Waals surface area contributed by atoms with Crippen molar-refractivity contribution < 1.29 is 29.4 Å². The highest BCUT2D eigenvalue weighted by Crippen LogP contribution is 2.21. The summed E-state index contributed by atoms with van der Waals surface area (Å²) in [7, 11) is 0. The fourth-order valence-corrected chi connectivity index (χ4v) is 3.34. The van der Waals surface area contributed by atoms with Crippen LogP contribution in [0.2, 0.25) is 0 Å². The number of aromatic amines is 1. The van der Waals surface area contributed by atoms with Crippen molar-refractivity contribution in [2.45, 2.75) is 24.9 Å². The summed E-state index contributed by atoms with van der Waals surface area (Å²) in [6, 6.07) is 3.88. The smallest absolute Gasteiger partial charge is 0.277 e. The maximum atomic E-state index is 12.3. The molecule has 14 heteroatoms. The van der Waals surface area contributed by atoms with Gasteiger partial charge in [0.1, 0.15) is 5.69 Å². The third kappa shape index (κ3) is 5.79. The molecule has 1 aromatic carbocycles. The Hall–Kier alpha value is -4.62. The molecule has 0 fully saturated rings. The number of nitrogens with one attached hydrogen (secondary N) is 4. The lowest BCUT2D eigenvalue weighted by Gasteiger charge is -2.30. The molecule has 0 saturated carbocycles. The number of carboxylic acid groups (broad SMARTS) is 2. The lowest BCUT2D eigenvalue weighted by molar-refractivity contribution is -0.309. The summed E-state index contributed by atoms with van der Waals surface area (Å²) in [6.45, 7) is 0.519. The van der Waals surface area contributed by atoms with Crippen molar-refractivity contribution in [3.05, 3.63) is 40.2 Å². The topological polar surface area (TPSA) is 225 Å². The number of aliphatic carboxylic acids is 2. The van der Waals surface area contributed by atoms with Crippen LogP contribution >= 0.6 is 0 Å². The molecule has 2 heterocycles. The molecule has 1 aliphatic heterocycles. The third-order valence-electron chi connectivity index (χ3n) is 5.03. The Kier molecular flexibility index (Phi) is 7.30. The molecule has 0 unspecified atom stereocenters. The van der Waals surface area contributed by atoms with Gasteiger partial charge in [0, 0.05) is 30.3 Å². The number of carboxylic acids is 2. The zero-order valence-corrected chi connectivity index (χ0v) is 17.7. The number of carbonyl (C=O) groups is 4. The molecule has 14 nitrogen and oxygen atoms in total. The number of hydrogen-bond donors (Lipinski definition) is 5. The van der Waals surface area contributed by atoms with E-state index in [4.69, 9.17) is 5.73 Å². The summed E-state index contributed by atoms with van der Waals surface area (Å²) in [5.74, 6) is -3.54. The molecule has 1 aromatic heterocycles. The molecule has 0 saturated heterocycles. The molecule has 3 rings (SSSR count). The van der Waals surface area contributed by atoms with Crippen LogP contribution in [0.4, 0.5) is 23.1 Å². The minimum Gasteiger partial charge on any atom is -0.550 e. The average molecular weight is 471 g/mol. The number of hydrogen-bond acceptors (Lipinski definition) is 11. The Labute approximate surface area is 192 Å². The highest BCUT2D eigenvalue weighted by Gasteiger charge is 2.24. The summed E-state index contributed by atoms with van der Waals surface area (Å²) in [5, 5.41) is 29.9. The number of aromatic nitrogens is 2. The van der Waals surface area contributed by atoms with E-state index >= 15 is 0 Å². The molecule has 0 spiro atoms. The number of rotatable bonds is 10. The van der Waals surface area contributed by atoms with Gasteiger partial charge in [-0.25, -0.2) is 0 Å². The number of benzene rings is 1. The Morgan fingerprint density at radius 2 is 1.97 bits per heavy atom. The van der Waals surface area contributed by atoms with E-state index in [1.165, 1.54) is 29.2 Å². The molecular formula is C20H21N7O7-2. The van der Waals surface area contributed by atoms with Gasteiger partial charge in [0.05, 0.1) is 18.1 Å². The number of nitrogens with two attached hydrogens (primary N) is 1. The second-order valence-electron chi connectivity index (χ2n) is 7.46. The first kappa shape index (κ1) is 24.0. The molecule has 0 bridgehead atoms. The average Bonchev–Trinajstić information content (AvgIpc) is 2.80. The summed E-state index contributed by atoms with van der Waals surface area (Å²) in [5.41, 5.74) is 5.80. The van der Waals surface area contributed by atoms with Gasteiger partial charge in [0.15, 0.2) is 5.82 Å². The van der Waals surface area contributed by atoms with Crippen LogP contribution in [-0.4, -0.2) is 59.4 Å². The summed E-state index contributed by atoms with van der Waals surface area (Å²) >= 11 is 0. The standard InChI is InChI=1S/C20H23N7O7/c21-20-25-16-15(18(32)26-20)23-11(7-22-16)8-27(9-28)12-3-1-10(2-4-12)17(31)24-13(19(33)34)5-6-14(29)30/h1-4,9,11,13,23H,5-8H2,(H,24,31)(H,29,30)(H,33,34)(H4,21,22,25,26,32)/p-2/t11-,13-/m0/s1. The van der Waals surface area contributed by atoms with E-state index in [0.29, 0.717) is 24.5 Å². The number of fused-ring (bicyclic) bond motifs is 1. The quantitative estimate of drug-likeness (QED) is 0.215. The van der Waals surface area contributed by atoms with Crippen molar-refractivity contribution in [1.29, 1.82) is 0 Å². The second kappa shape index (κ2) is 10.3. The SMILES string of the molecule is Nc1nc2c(c(=O)[nH]1)N[C@H](CN(C=O)c1ccc(C(=O)N[C@@H](CCC(=O)[O-])C(=O)[O-])cc1)CN2. The largest absolute Gasteiger partial charge is 0.550 e. The lowest BCUT2D eigenvalue weighted by Crippen LogP contribution is -2.48. The van der Waals surface area contributed by atoms with Gasteiger partial charge in [-0.2, -0.15) is 4.98 Å². The third-order valence-corrected chi connectivity index (χ3v) is 5.03. The molecule has 0 radical (unpaired) electrons. The molecule has 2 amide bonds. The van der Waals surface area contributed by atoms with Crippen LogP contribution in [0.1, 0.15) is 23.2 Å². The van der Waals surface area contributed by atoms with E-state index < -0.39 is 35.9 Å². The van der Waals surface area contributed by atoms with Crippen molar-refractivity contribution in [3.63, 3.8) is 0 Å².